The van der Waals surface area contributed by atoms with Gasteiger partial charge in [-0.25, -0.2) is 0 Å². The Labute approximate surface area is 125 Å². The highest BCUT2D eigenvalue weighted by Crippen LogP contribution is 2.57. The van der Waals surface area contributed by atoms with Crippen molar-refractivity contribution >= 4 is 11.9 Å². The molecular weight excluding hydrogens is 268 g/mol. The summed E-state index contributed by atoms with van der Waals surface area (Å²) in [7, 11) is 0. The highest BCUT2D eigenvalue weighted by molar-refractivity contribution is 5.75. The van der Waals surface area contributed by atoms with Crippen LogP contribution in [0.2, 0.25) is 0 Å². The molecule has 4 nitrogen and oxygen atoms in total. The van der Waals surface area contributed by atoms with E-state index < -0.39 is 11.7 Å². The number of allylic oxidation sites excluding steroid dienone is 1. The Kier molecular flexibility index (Phi) is 3.38. The summed E-state index contributed by atoms with van der Waals surface area (Å²) in [5.41, 5.74) is 0.363. The van der Waals surface area contributed by atoms with Gasteiger partial charge in [-0.05, 0) is 37.7 Å². The lowest BCUT2D eigenvalue weighted by Crippen LogP contribution is -2.68. The Hall–Kier alpha value is -1.32. The molecule has 0 spiro atoms. The third-order valence-electron chi connectivity index (χ3n) is 5.83. The van der Waals surface area contributed by atoms with Crippen LogP contribution in [0.5, 0.6) is 0 Å². The van der Waals surface area contributed by atoms with Crippen LogP contribution in [-0.4, -0.2) is 23.6 Å². The van der Waals surface area contributed by atoms with Crippen molar-refractivity contribution in [2.24, 2.45) is 23.7 Å². The molecule has 0 radical (unpaired) electrons. The predicted molar refractivity (Wildman–Crippen MR) is 77.3 cm³/mol. The van der Waals surface area contributed by atoms with Gasteiger partial charge in [-0.3, -0.25) is 9.59 Å². The second-order valence-electron chi connectivity index (χ2n) is 7.00. The molecule has 0 N–H and O–H groups in total. The van der Waals surface area contributed by atoms with Crippen LogP contribution in [0.4, 0.5) is 0 Å². The lowest BCUT2D eigenvalue weighted by molar-refractivity contribution is -0.247. The van der Waals surface area contributed by atoms with Crippen LogP contribution in [0, 0.1) is 23.7 Å². The summed E-state index contributed by atoms with van der Waals surface area (Å²) >= 11 is 0. The van der Waals surface area contributed by atoms with Gasteiger partial charge in [0, 0.05) is 18.8 Å². The lowest BCUT2D eigenvalue weighted by atomic mass is 9.54. The van der Waals surface area contributed by atoms with E-state index in [1.165, 1.54) is 6.92 Å². The van der Waals surface area contributed by atoms with Crippen molar-refractivity contribution < 1.29 is 19.1 Å². The van der Waals surface area contributed by atoms with Gasteiger partial charge in [-0.15, -0.1) is 0 Å². The fourth-order valence-electron chi connectivity index (χ4n) is 4.84. The summed E-state index contributed by atoms with van der Waals surface area (Å²) in [4.78, 5) is 24.0. The van der Waals surface area contributed by atoms with Gasteiger partial charge in [0.15, 0.2) is 11.7 Å². The average Bonchev–Trinajstić information content (AvgIpc) is 2.40. The molecule has 1 aliphatic heterocycles. The van der Waals surface area contributed by atoms with Crippen LogP contribution in [-0.2, 0) is 19.1 Å². The molecule has 0 bridgehead atoms. The van der Waals surface area contributed by atoms with Crippen molar-refractivity contribution in [2.45, 2.75) is 58.7 Å². The van der Waals surface area contributed by atoms with E-state index in [0.29, 0.717) is 5.92 Å². The maximum absolute atomic E-state index is 12.2. The number of hydrogen-bond donors (Lipinski definition) is 0. The van der Waals surface area contributed by atoms with Gasteiger partial charge in [0.25, 0.3) is 0 Å². The first-order valence-corrected chi connectivity index (χ1v) is 7.94. The Balaban J connectivity index is 2.15. The van der Waals surface area contributed by atoms with Crippen LogP contribution in [0.3, 0.4) is 0 Å². The van der Waals surface area contributed by atoms with Crippen molar-refractivity contribution in [3.05, 3.63) is 11.6 Å². The summed E-state index contributed by atoms with van der Waals surface area (Å²) in [6.07, 6.45) is 4.65. The van der Waals surface area contributed by atoms with Gasteiger partial charge in [-0.2, -0.15) is 0 Å². The van der Waals surface area contributed by atoms with E-state index in [9.17, 15) is 9.59 Å². The molecule has 0 unspecified atom stereocenters. The van der Waals surface area contributed by atoms with Gasteiger partial charge in [-0.1, -0.05) is 19.9 Å². The number of rotatable bonds is 1. The molecule has 3 rings (SSSR count). The molecular formula is C17H24O4. The van der Waals surface area contributed by atoms with Crippen LogP contribution < -0.4 is 0 Å². The van der Waals surface area contributed by atoms with Crippen molar-refractivity contribution in [2.75, 3.05) is 0 Å². The molecule has 0 aromatic rings. The highest BCUT2D eigenvalue weighted by Gasteiger charge is 2.65. The first kappa shape index (κ1) is 14.6. The van der Waals surface area contributed by atoms with E-state index in [0.717, 1.165) is 24.8 Å². The molecule has 0 amide bonds. The quantitative estimate of drug-likeness (QED) is 0.551. The summed E-state index contributed by atoms with van der Waals surface area (Å²) in [6, 6.07) is 0. The molecule has 0 aromatic carbocycles. The zero-order valence-corrected chi connectivity index (χ0v) is 13.2. The summed E-state index contributed by atoms with van der Waals surface area (Å²) in [5.74, 6) is 0.138. The van der Waals surface area contributed by atoms with Crippen molar-refractivity contribution in [3.8, 4) is 0 Å². The Morgan fingerprint density at radius 3 is 2.71 bits per heavy atom. The summed E-state index contributed by atoms with van der Waals surface area (Å²) < 4.78 is 11.7. The van der Waals surface area contributed by atoms with Gasteiger partial charge in [0.2, 0.25) is 0 Å². The minimum atomic E-state index is -0.657. The Bertz CT molecular complexity index is 509. The van der Waals surface area contributed by atoms with Gasteiger partial charge < -0.3 is 9.47 Å². The minimum absolute atomic E-state index is 0.0671. The first-order chi connectivity index (χ1) is 9.87. The van der Waals surface area contributed by atoms with E-state index in [4.69, 9.17) is 9.47 Å². The fourth-order valence-corrected chi connectivity index (χ4v) is 4.84. The molecule has 1 heterocycles. The minimum Gasteiger partial charge on any atom is -0.454 e. The molecule has 116 valence electrons. The third-order valence-corrected chi connectivity index (χ3v) is 5.83. The molecule has 21 heavy (non-hydrogen) atoms. The maximum Gasteiger partial charge on any atom is 0.309 e. The Morgan fingerprint density at radius 2 is 2.05 bits per heavy atom. The topological polar surface area (TPSA) is 52.6 Å². The van der Waals surface area contributed by atoms with Crippen molar-refractivity contribution in [3.63, 3.8) is 0 Å². The second-order valence-corrected chi connectivity index (χ2v) is 7.00. The van der Waals surface area contributed by atoms with E-state index >= 15 is 0 Å². The smallest absolute Gasteiger partial charge is 0.309 e. The number of carbonyl (C=O) groups excluding carboxylic acids is 2. The largest absolute Gasteiger partial charge is 0.454 e. The van der Waals surface area contributed by atoms with Crippen molar-refractivity contribution in [1.29, 1.82) is 0 Å². The zero-order chi connectivity index (χ0) is 15.4. The standard InChI is InChI=1S/C17H24O4/c1-9-5-8-14-11(3)16(19)20-15-10(2)6-7-13(9)17(14,15)21-12(4)18/h6,9,11,13-15H,5,7-8H2,1-4H3/t9-,11-,13+,14+,15-,17-/m1/s1. The number of carbonyl (C=O) groups is 2. The summed E-state index contributed by atoms with van der Waals surface area (Å²) in [6.45, 7) is 7.57. The molecule has 6 atom stereocenters. The van der Waals surface area contributed by atoms with Crippen molar-refractivity contribution in [1.82, 2.24) is 0 Å². The van der Waals surface area contributed by atoms with E-state index in [2.05, 4.69) is 13.0 Å². The molecule has 1 saturated carbocycles. The van der Waals surface area contributed by atoms with Gasteiger partial charge in [0.1, 0.15) is 0 Å². The second kappa shape index (κ2) is 4.85. The van der Waals surface area contributed by atoms with Crippen LogP contribution in [0.15, 0.2) is 11.6 Å². The van der Waals surface area contributed by atoms with Crippen LogP contribution >= 0.6 is 0 Å². The Morgan fingerprint density at radius 1 is 1.33 bits per heavy atom. The monoisotopic (exact) mass is 292 g/mol. The fraction of sp³-hybridized carbons (Fsp3) is 0.765. The number of ether oxygens (including phenoxy) is 2. The normalized spacial score (nSPS) is 45.2. The molecule has 4 heteroatoms. The third kappa shape index (κ3) is 1.95. The van der Waals surface area contributed by atoms with E-state index in [-0.39, 0.29) is 29.7 Å². The summed E-state index contributed by atoms with van der Waals surface area (Å²) in [5, 5.41) is 0. The van der Waals surface area contributed by atoms with Crippen LogP contribution in [0.1, 0.15) is 47.0 Å². The predicted octanol–water partition coefficient (Wildman–Crippen LogP) is 2.86. The molecule has 0 aromatic heterocycles. The highest BCUT2D eigenvalue weighted by atomic mass is 16.6. The molecule has 1 saturated heterocycles. The van der Waals surface area contributed by atoms with Crippen LogP contribution in [0.25, 0.3) is 0 Å². The molecule has 2 aliphatic carbocycles. The van der Waals surface area contributed by atoms with E-state index in [1.807, 2.05) is 13.8 Å². The van der Waals surface area contributed by atoms with E-state index in [1.54, 1.807) is 0 Å². The first-order valence-electron chi connectivity index (χ1n) is 7.94. The molecule has 2 fully saturated rings. The van der Waals surface area contributed by atoms with Gasteiger partial charge in [0.05, 0.1) is 5.92 Å². The number of esters is 2. The SMILES string of the molecule is CC(=O)O[C@@]12[C@@H]3OC(=O)[C@H](C)[C@@H]1CC[C@@H](C)[C@@H]2CC=C3C. The molecule has 3 aliphatic rings. The number of hydrogen-bond acceptors (Lipinski definition) is 4. The van der Waals surface area contributed by atoms with Gasteiger partial charge >= 0.3 is 11.9 Å². The average molecular weight is 292 g/mol. The lowest BCUT2D eigenvalue weighted by Gasteiger charge is -2.59. The maximum atomic E-state index is 12.2. The zero-order valence-electron chi connectivity index (χ0n) is 13.2.